The Balaban J connectivity index is 1.82. The molecule has 1 amide bonds. The van der Waals surface area contributed by atoms with Crippen LogP contribution in [-0.4, -0.2) is 36.5 Å². The number of anilines is 1. The fourth-order valence-corrected chi connectivity index (χ4v) is 4.35. The molecule has 1 aromatic rings. The first-order valence-corrected chi connectivity index (χ1v) is 13.0. The van der Waals surface area contributed by atoms with Crippen molar-refractivity contribution in [1.82, 2.24) is 10.3 Å². The van der Waals surface area contributed by atoms with E-state index in [1.807, 2.05) is 38.3 Å². The molecule has 1 fully saturated rings. The highest BCUT2D eigenvalue weighted by Crippen LogP contribution is 2.40. The average Bonchev–Trinajstić information content (AvgIpc) is 3.74. The van der Waals surface area contributed by atoms with Crippen molar-refractivity contribution >= 4 is 23.8 Å². The quantitative estimate of drug-likeness (QED) is 0.173. The fraction of sp³-hybridized carbons (Fsp3) is 0.355. The smallest absolute Gasteiger partial charge is 0.301 e. The minimum Gasteiger partial charge on any atom is -0.319 e. The summed E-state index contributed by atoms with van der Waals surface area (Å²) >= 11 is 0. The summed E-state index contributed by atoms with van der Waals surface area (Å²) in [4.78, 5) is 25.3. The van der Waals surface area contributed by atoms with E-state index in [-0.39, 0.29) is 5.91 Å². The Morgan fingerprint density at radius 2 is 2.22 bits per heavy atom. The predicted octanol–water partition coefficient (Wildman–Crippen LogP) is 5.91. The number of pyridine rings is 1. The monoisotopic (exact) mass is 495 g/mol. The van der Waals surface area contributed by atoms with Crippen LogP contribution in [0.2, 0.25) is 0 Å². The fourth-order valence-electron chi connectivity index (χ4n) is 4.35. The van der Waals surface area contributed by atoms with Gasteiger partial charge in [0.05, 0.1) is 0 Å². The second kappa shape index (κ2) is 14.7. The van der Waals surface area contributed by atoms with Crippen LogP contribution in [0.1, 0.15) is 57.4 Å². The van der Waals surface area contributed by atoms with Crippen molar-refractivity contribution < 1.29 is 4.79 Å². The number of hydrogen-bond acceptors (Lipinski definition) is 4. The Labute approximate surface area is 221 Å². The Morgan fingerprint density at radius 1 is 1.38 bits per heavy atom. The number of hydrogen-bond donors (Lipinski definition) is 2. The maximum Gasteiger partial charge on any atom is 0.301 e. The molecule has 0 bridgehead atoms. The van der Waals surface area contributed by atoms with Crippen molar-refractivity contribution in [3.63, 3.8) is 0 Å². The number of nitrogens with zero attached hydrogens (tertiary/aromatic N) is 3. The standard InChI is InChI=1S/C31H37N5O/c1-5-9-23(11-8-12-31(37)36-30-20-26(17-18-34-30)24-13-14-24)25-15-16-29(35-22-33-7-3)28(19-25)27(10-6-2)21-32-4/h5,7,9,11,15,17-20,22,24,27,32H,3,6,10,13-14,16,21H2,1-2,4H3,(H,34,36,37)/b9-5-,23-11+,33-22?,35-29?. The lowest BCUT2D eigenvalue weighted by atomic mass is 9.83. The summed E-state index contributed by atoms with van der Waals surface area (Å²) in [6, 6.07) is 3.95. The molecule has 2 aliphatic rings. The first kappa shape index (κ1) is 27.8. The maximum absolute atomic E-state index is 12.4. The summed E-state index contributed by atoms with van der Waals surface area (Å²) in [5.74, 6) is 6.72. The zero-order valence-electron chi connectivity index (χ0n) is 22.1. The SMILES string of the molecule is C=CN=CN=C1CC=C(C(/C=C\C)=C/C#CC(=O)Nc2cc(C3CC3)ccn2)C=C1C(CCC)CNC. The molecule has 0 aliphatic heterocycles. The van der Waals surface area contributed by atoms with Crippen LogP contribution >= 0.6 is 0 Å². The average molecular weight is 496 g/mol. The minimum atomic E-state index is -0.377. The molecule has 0 aromatic carbocycles. The highest BCUT2D eigenvalue weighted by molar-refractivity contribution is 6.06. The second-order valence-corrected chi connectivity index (χ2v) is 9.10. The van der Waals surface area contributed by atoms with Gasteiger partial charge < -0.3 is 5.32 Å². The van der Waals surface area contributed by atoms with E-state index in [2.05, 4.69) is 63.1 Å². The summed E-state index contributed by atoms with van der Waals surface area (Å²) in [5, 5.41) is 6.11. The number of nitrogens with one attached hydrogen (secondary N) is 2. The minimum absolute atomic E-state index is 0.331. The molecule has 0 radical (unpaired) electrons. The molecule has 3 rings (SSSR count). The van der Waals surface area contributed by atoms with Gasteiger partial charge in [0.2, 0.25) is 0 Å². The number of carbonyl (C=O) groups excluding carboxylic acids is 1. The van der Waals surface area contributed by atoms with Gasteiger partial charge in [-0.2, -0.15) is 0 Å². The molecular weight excluding hydrogens is 458 g/mol. The van der Waals surface area contributed by atoms with Crippen molar-refractivity contribution in [2.45, 2.75) is 51.9 Å². The van der Waals surface area contributed by atoms with Crippen LogP contribution < -0.4 is 10.6 Å². The Morgan fingerprint density at radius 3 is 2.92 bits per heavy atom. The van der Waals surface area contributed by atoms with Crippen molar-refractivity contribution in [3.8, 4) is 11.8 Å². The molecule has 0 spiro atoms. The van der Waals surface area contributed by atoms with Gasteiger partial charge in [-0.1, -0.05) is 44.1 Å². The van der Waals surface area contributed by atoms with Crippen molar-refractivity contribution in [2.24, 2.45) is 15.9 Å². The molecule has 1 heterocycles. The third-order valence-electron chi connectivity index (χ3n) is 6.24. The Bertz CT molecular complexity index is 1210. The van der Waals surface area contributed by atoms with Gasteiger partial charge >= 0.3 is 5.91 Å². The van der Waals surface area contributed by atoms with Gasteiger partial charge in [0.15, 0.2) is 0 Å². The molecule has 1 unspecified atom stereocenters. The molecule has 192 valence electrons. The third-order valence-corrected chi connectivity index (χ3v) is 6.24. The maximum atomic E-state index is 12.4. The van der Waals surface area contributed by atoms with Crippen molar-refractivity contribution in [2.75, 3.05) is 18.9 Å². The van der Waals surface area contributed by atoms with E-state index in [1.54, 1.807) is 18.6 Å². The molecule has 37 heavy (non-hydrogen) atoms. The topological polar surface area (TPSA) is 78.7 Å². The van der Waals surface area contributed by atoms with E-state index in [9.17, 15) is 4.79 Å². The van der Waals surface area contributed by atoms with Crippen LogP contribution in [0, 0.1) is 17.8 Å². The van der Waals surface area contributed by atoms with Gasteiger partial charge in [0.25, 0.3) is 0 Å². The lowest BCUT2D eigenvalue weighted by Gasteiger charge is -2.24. The van der Waals surface area contributed by atoms with E-state index < -0.39 is 0 Å². The lowest BCUT2D eigenvalue weighted by Crippen LogP contribution is -2.25. The number of allylic oxidation sites excluding steroid dienone is 7. The highest BCUT2D eigenvalue weighted by atomic mass is 16.1. The number of aliphatic imine (C=N–C) groups is 2. The van der Waals surface area contributed by atoms with Gasteiger partial charge in [-0.15, -0.1) is 0 Å². The molecule has 2 N–H and O–H groups in total. The molecule has 2 aliphatic carbocycles. The Kier molecular flexibility index (Phi) is 11.0. The van der Waals surface area contributed by atoms with Crippen LogP contribution in [-0.2, 0) is 4.79 Å². The zero-order valence-corrected chi connectivity index (χ0v) is 22.1. The molecule has 0 saturated heterocycles. The summed E-state index contributed by atoms with van der Waals surface area (Å²) in [5.41, 5.74) is 5.45. The third kappa shape index (κ3) is 8.66. The van der Waals surface area contributed by atoms with Gasteiger partial charge in [-0.3, -0.25) is 10.1 Å². The molecule has 1 aromatic heterocycles. The summed E-state index contributed by atoms with van der Waals surface area (Å²) < 4.78 is 0. The van der Waals surface area contributed by atoms with Crippen molar-refractivity contribution in [3.05, 3.63) is 83.8 Å². The Hall–Kier alpha value is -3.82. The highest BCUT2D eigenvalue weighted by Gasteiger charge is 2.24. The molecule has 1 atom stereocenters. The van der Waals surface area contributed by atoms with E-state index in [1.165, 1.54) is 30.2 Å². The first-order valence-electron chi connectivity index (χ1n) is 13.0. The van der Waals surface area contributed by atoms with Gasteiger partial charge in [-0.25, -0.2) is 15.0 Å². The van der Waals surface area contributed by atoms with Gasteiger partial charge in [-0.05, 0) is 91.6 Å². The predicted molar refractivity (Wildman–Crippen MR) is 155 cm³/mol. The summed E-state index contributed by atoms with van der Waals surface area (Å²) in [7, 11) is 1.97. The summed E-state index contributed by atoms with van der Waals surface area (Å²) in [6.45, 7) is 8.66. The van der Waals surface area contributed by atoms with Crippen LogP contribution in [0.4, 0.5) is 5.82 Å². The normalized spacial score (nSPS) is 17.8. The van der Waals surface area contributed by atoms with E-state index in [4.69, 9.17) is 0 Å². The molecule has 1 saturated carbocycles. The number of rotatable bonds is 11. The largest absolute Gasteiger partial charge is 0.319 e. The molecular formula is C31H37N5O. The molecule has 6 nitrogen and oxygen atoms in total. The van der Waals surface area contributed by atoms with Gasteiger partial charge in [0.1, 0.15) is 12.2 Å². The van der Waals surface area contributed by atoms with Crippen LogP contribution in [0.15, 0.2) is 88.2 Å². The second-order valence-electron chi connectivity index (χ2n) is 9.10. The van der Waals surface area contributed by atoms with Crippen molar-refractivity contribution in [1.29, 1.82) is 0 Å². The molecule has 6 heteroatoms. The van der Waals surface area contributed by atoms with E-state index in [0.29, 0.717) is 24.1 Å². The first-order chi connectivity index (χ1) is 18.1. The van der Waals surface area contributed by atoms with E-state index in [0.717, 1.165) is 36.2 Å². The zero-order chi connectivity index (χ0) is 26.5. The van der Waals surface area contributed by atoms with Gasteiger partial charge in [0, 0.05) is 37.0 Å². The number of amides is 1. The van der Waals surface area contributed by atoms with Crippen LogP contribution in [0.5, 0.6) is 0 Å². The lowest BCUT2D eigenvalue weighted by molar-refractivity contribution is -0.111. The summed E-state index contributed by atoms with van der Waals surface area (Å²) in [6.07, 6.45) is 20.1. The number of aromatic nitrogens is 1. The van der Waals surface area contributed by atoms with E-state index >= 15 is 0 Å². The van der Waals surface area contributed by atoms with Crippen LogP contribution in [0.25, 0.3) is 0 Å². The number of carbonyl (C=O) groups is 1. The van der Waals surface area contributed by atoms with Crippen LogP contribution in [0.3, 0.4) is 0 Å².